The third kappa shape index (κ3) is 3.49. The molecule has 4 nitrogen and oxygen atoms in total. The summed E-state index contributed by atoms with van der Waals surface area (Å²) in [7, 11) is 0. The number of benzene rings is 1. The van der Waals surface area contributed by atoms with Gasteiger partial charge in [0, 0.05) is 18.7 Å². The molecule has 0 spiro atoms. The maximum atomic E-state index is 12.2. The number of aromatic nitrogens is 2. The number of fused-ring (bicyclic) bond motifs is 1. The number of imidazole rings is 1. The van der Waals surface area contributed by atoms with Crippen LogP contribution in [0.2, 0.25) is 0 Å². The molecular weight excluding hydrogens is 305 g/mol. The molecule has 0 aliphatic heterocycles. The average molecular weight is 318 g/mol. The molecule has 0 aliphatic carbocycles. The fraction of sp³-hybridized carbons (Fsp3) is 0.385. The molecule has 0 saturated carbocycles. The van der Waals surface area contributed by atoms with Gasteiger partial charge < -0.3 is 9.67 Å². The van der Waals surface area contributed by atoms with Crippen LogP contribution in [0.4, 0.5) is 13.2 Å². The van der Waals surface area contributed by atoms with E-state index in [9.17, 15) is 23.1 Å². The number of nitrogens with zero attached hydrogens (tertiary/aromatic N) is 2. The second-order valence-corrected chi connectivity index (χ2v) is 5.47. The van der Waals surface area contributed by atoms with Gasteiger partial charge in [-0.2, -0.15) is 13.2 Å². The topological polar surface area (TPSA) is 55.1 Å². The first-order valence-corrected chi connectivity index (χ1v) is 7.24. The highest BCUT2D eigenvalue weighted by Crippen LogP contribution is 2.31. The van der Waals surface area contributed by atoms with E-state index >= 15 is 0 Å². The number of alkyl halides is 3. The molecule has 0 fully saturated rings. The number of hydrogen-bond donors (Lipinski definition) is 1. The van der Waals surface area contributed by atoms with Gasteiger partial charge in [-0.3, -0.25) is 0 Å². The third-order valence-electron chi connectivity index (χ3n) is 2.97. The van der Waals surface area contributed by atoms with Crippen molar-refractivity contribution in [3.05, 3.63) is 29.6 Å². The summed E-state index contributed by atoms with van der Waals surface area (Å²) in [5, 5.41) is 9.22. The minimum atomic E-state index is -4.29. The van der Waals surface area contributed by atoms with E-state index in [0.717, 1.165) is 0 Å². The molecule has 1 N–H and O–H groups in total. The lowest BCUT2D eigenvalue weighted by Gasteiger charge is -2.10. The quantitative estimate of drug-likeness (QED) is 0.916. The molecule has 8 heteroatoms. The Morgan fingerprint density at radius 2 is 2.14 bits per heavy atom. The maximum absolute atomic E-state index is 12.2. The van der Waals surface area contributed by atoms with E-state index in [2.05, 4.69) is 4.98 Å². The Hall–Kier alpha value is -1.70. The number of hydrogen-bond acceptors (Lipinski definition) is 3. The number of carboxylic acids is 1. The molecule has 0 atom stereocenters. The molecule has 0 bridgehead atoms. The van der Waals surface area contributed by atoms with Gasteiger partial charge in [-0.1, -0.05) is 13.0 Å². The number of rotatable bonds is 5. The van der Waals surface area contributed by atoms with Gasteiger partial charge in [0.1, 0.15) is 5.82 Å². The predicted molar refractivity (Wildman–Crippen MR) is 74.6 cm³/mol. The van der Waals surface area contributed by atoms with E-state index < -0.39 is 11.5 Å². The summed E-state index contributed by atoms with van der Waals surface area (Å²) in [4.78, 5) is 15.6. The van der Waals surface area contributed by atoms with Gasteiger partial charge in [0.05, 0.1) is 16.6 Å². The highest BCUT2D eigenvalue weighted by atomic mass is 32.2. The zero-order valence-electron chi connectivity index (χ0n) is 11.1. The highest BCUT2D eigenvalue weighted by Gasteiger charge is 2.28. The van der Waals surface area contributed by atoms with Gasteiger partial charge in [0.15, 0.2) is 0 Å². The number of thioether (sulfide) groups is 1. The zero-order valence-corrected chi connectivity index (χ0v) is 12.0. The average Bonchev–Trinajstić information content (AvgIpc) is 2.75. The van der Waals surface area contributed by atoms with Crippen LogP contribution in [0.1, 0.15) is 23.1 Å². The van der Waals surface area contributed by atoms with Crippen molar-refractivity contribution in [1.82, 2.24) is 9.55 Å². The number of aromatic carboxylic acids is 1. The Balaban J connectivity index is 2.42. The monoisotopic (exact) mass is 318 g/mol. The Morgan fingerprint density at radius 3 is 2.71 bits per heavy atom. The van der Waals surface area contributed by atoms with Crippen LogP contribution in [0.25, 0.3) is 11.0 Å². The Kier molecular flexibility index (Phi) is 4.46. The van der Waals surface area contributed by atoms with E-state index in [0.29, 0.717) is 23.3 Å². The fourth-order valence-electron chi connectivity index (χ4n) is 2.17. The molecule has 1 aromatic carbocycles. The van der Waals surface area contributed by atoms with Gasteiger partial charge in [0.25, 0.3) is 0 Å². The molecule has 0 unspecified atom stereocenters. The molecule has 2 aromatic rings. The van der Waals surface area contributed by atoms with E-state index in [-0.39, 0.29) is 29.6 Å². The van der Waals surface area contributed by atoms with E-state index in [4.69, 9.17) is 0 Å². The molecule has 114 valence electrons. The summed E-state index contributed by atoms with van der Waals surface area (Å²) in [6.07, 6.45) is 0.518. The first-order valence-electron chi connectivity index (χ1n) is 6.25. The van der Waals surface area contributed by atoms with Gasteiger partial charge in [0.2, 0.25) is 0 Å². The number of carbonyl (C=O) groups is 1. The van der Waals surface area contributed by atoms with Crippen LogP contribution < -0.4 is 0 Å². The number of para-hydroxylation sites is 1. The first kappa shape index (κ1) is 15.7. The largest absolute Gasteiger partial charge is 0.478 e. The minimum absolute atomic E-state index is 0.0525. The van der Waals surface area contributed by atoms with Crippen LogP contribution in [0.5, 0.6) is 0 Å². The molecule has 0 saturated heterocycles. The van der Waals surface area contributed by atoms with Crippen molar-refractivity contribution >= 4 is 28.8 Å². The molecule has 0 radical (unpaired) electrons. The normalized spacial score (nSPS) is 12.0. The molecule has 0 amide bonds. The number of halogens is 3. The van der Waals surface area contributed by atoms with E-state index in [1.165, 1.54) is 6.07 Å². The Labute approximate surface area is 123 Å². The third-order valence-corrected chi connectivity index (χ3v) is 3.69. The van der Waals surface area contributed by atoms with Crippen LogP contribution in [-0.4, -0.2) is 31.9 Å². The molecule has 21 heavy (non-hydrogen) atoms. The van der Waals surface area contributed by atoms with Gasteiger partial charge >= 0.3 is 11.5 Å². The second kappa shape index (κ2) is 5.97. The van der Waals surface area contributed by atoms with Crippen LogP contribution >= 0.6 is 11.8 Å². The maximum Gasteiger partial charge on any atom is 0.441 e. The smallest absolute Gasteiger partial charge is 0.441 e. The van der Waals surface area contributed by atoms with Crippen LogP contribution in [0.3, 0.4) is 0 Å². The lowest BCUT2D eigenvalue weighted by atomic mass is 10.2. The summed E-state index contributed by atoms with van der Waals surface area (Å²) in [6, 6.07) is 4.67. The first-order chi connectivity index (χ1) is 9.83. The molecular formula is C13H13F3N2O2S. The van der Waals surface area contributed by atoms with Crippen molar-refractivity contribution in [2.24, 2.45) is 0 Å². The van der Waals surface area contributed by atoms with E-state index in [1.807, 2.05) is 6.92 Å². The Bertz CT molecular complexity index is 667. The summed E-state index contributed by atoms with van der Waals surface area (Å²) < 4.78 is 38.3. The molecule has 2 rings (SSSR count). The second-order valence-electron chi connectivity index (χ2n) is 4.31. The van der Waals surface area contributed by atoms with Crippen molar-refractivity contribution in [1.29, 1.82) is 0 Å². The highest BCUT2D eigenvalue weighted by molar-refractivity contribution is 8.00. The van der Waals surface area contributed by atoms with E-state index in [1.54, 1.807) is 16.7 Å². The lowest BCUT2D eigenvalue weighted by Crippen LogP contribution is -2.11. The van der Waals surface area contributed by atoms with Crippen LogP contribution in [0, 0.1) is 0 Å². The zero-order chi connectivity index (χ0) is 15.6. The SMILES string of the molecule is CCc1nc2cccc(C(=O)O)c2n1CCSC(F)(F)F. The standard InChI is InChI=1S/C13H13F3N2O2S/c1-2-10-17-9-5-3-4-8(12(19)20)11(9)18(10)6-7-21-13(14,15)16/h3-5H,2,6-7H2,1H3,(H,19,20). The van der Waals surface area contributed by atoms with Crippen LogP contribution in [-0.2, 0) is 13.0 Å². The summed E-state index contributed by atoms with van der Waals surface area (Å²) in [5.41, 5.74) is -3.37. The van der Waals surface area contributed by atoms with Gasteiger partial charge in [-0.25, -0.2) is 9.78 Å². The van der Waals surface area contributed by atoms with Crippen LogP contribution in [0.15, 0.2) is 18.2 Å². The van der Waals surface area contributed by atoms with Gasteiger partial charge in [-0.15, -0.1) is 0 Å². The predicted octanol–water partition coefficient (Wildman–Crippen LogP) is 3.55. The number of aryl methyl sites for hydroxylation is 2. The van der Waals surface area contributed by atoms with Crippen molar-refractivity contribution in [2.45, 2.75) is 25.4 Å². The van der Waals surface area contributed by atoms with Crippen molar-refractivity contribution < 1.29 is 23.1 Å². The lowest BCUT2D eigenvalue weighted by molar-refractivity contribution is -0.0328. The summed E-state index contributed by atoms with van der Waals surface area (Å²) in [6.45, 7) is 1.89. The molecule has 0 aliphatic rings. The van der Waals surface area contributed by atoms with Gasteiger partial charge in [-0.05, 0) is 23.9 Å². The molecule has 1 aromatic heterocycles. The van der Waals surface area contributed by atoms with Crippen molar-refractivity contribution in [2.75, 3.05) is 5.75 Å². The fourth-order valence-corrected chi connectivity index (χ4v) is 2.67. The summed E-state index contributed by atoms with van der Waals surface area (Å²) in [5.74, 6) is -0.718. The minimum Gasteiger partial charge on any atom is -0.478 e. The van der Waals surface area contributed by atoms with Crippen molar-refractivity contribution in [3.63, 3.8) is 0 Å². The summed E-state index contributed by atoms with van der Waals surface area (Å²) >= 11 is -0.122. The number of carboxylic acid groups (broad SMARTS) is 1. The van der Waals surface area contributed by atoms with Crippen molar-refractivity contribution in [3.8, 4) is 0 Å². The molecule has 1 heterocycles. The Morgan fingerprint density at radius 1 is 1.43 bits per heavy atom.